The van der Waals surface area contributed by atoms with Gasteiger partial charge in [0.2, 0.25) is 15.9 Å². The van der Waals surface area contributed by atoms with Crippen LogP contribution in [0.4, 0.5) is 11.4 Å². The van der Waals surface area contributed by atoms with Gasteiger partial charge in [-0.1, -0.05) is 78.5 Å². The average Bonchev–Trinajstić information content (AvgIpc) is 2.78. The van der Waals surface area contributed by atoms with Gasteiger partial charge in [-0.05, 0) is 35.7 Å². The van der Waals surface area contributed by atoms with Crippen LogP contribution in [0.5, 0.6) is 0 Å². The van der Waals surface area contributed by atoms with Gasteiger partial charge >= 0.3 is 0 Å². The lowest BCUT2D eigenvalue weighted by Gasteiger charge is -2.23. The summed E-state index contributed by atoms with van der Waals surface area (Å²) in [5.41, 5.74) is 1.12. The predicted octanol–water partition coefficient (Wildman–Crippen LogP) is 5.40. The molecule has 32 heavy (non-hydrogen) atoms. The number of anilines is 2. The van der Waals surface area contributed by atoms with Crippen molar-refractivity contribution >= 4 is 49.8 Å². The number of rotatable bonds is 7. The first kappa shape index (κ1) is 21.9. The van der Waals surface area contributed by atoms with Crippen molar-refractivity contribution in [1.29, 1.82) is 0 Å². The minimum absolute atomic E-state index is 0.322. The van der Waals surface area contributed by atoms with Gasteiger partial charge < -0.3 is 5.32 Å². The van der Waals surface area contributed by atoms with Gasteiger partial charge in [0.15, 0.2) is 0 Å². The first-order valence-corrected chi connectivity index (χ1v) is 12.7. The molecule has 0 spiro atoms. The second-order valence-electron chi connectivity index (χ2n) is 7.23. The van der Waals surface area contributed by atoms with Crippen LogP contribution in [0.15, 0.2) is 107 Å². The number of nitrogens with one attached hydrogen (secondary N) is 1. The van der Waals surface area contributed by atoms with E-state index in [-0.39, 0.29) is 6.54 Å². The minimum Gasteiger partial charge on any atom is -0.323 e. The highest BCUT2D eigenvalue weighted by Crippen LogP contribution is 2.33. The molecule has 4 aromatic carbocycles. The molecule has 0 atom stereocenters. The van der Waals surface area contributed by atoms with Gasteiger partial charge in [-0.15, -0.1) is 0 Å². The van der Waals surface area contributed by atoms with E-state index in [1.165, 1.54) is 11.8 Å². The first-order chi connectivity index (χ1) is 15.4. The quantitative estimate of drug-likeness (QED) is 0.400. The van der Waals surface area contributed by atoms with Crippen LogP contribution in [0.1, 0.15) is 0 Å². The van der Waals surface area contributed by atoms with Crippen LogP contribution in [0.3, 0.4) is 0 Å². The molecule has 0 aliphatic heterocycles. The van der Waals surface area contributed by atoms with Crippen molar-refractivity contribution in [2.75, 3.05) is 22.4 Å². The topological polar surface area (TPSA) is 66.5 Å². The smallest absolute Gasteiger partial charge is 0.245 e. The molecule has 0 aliphatic carbocycles. The lowest BCUT2D eigenvalue weighted by Crippen LogP contribution is -2.37. The van der Waals surface area contributed by atoms with Crippen LogP contribution < -0.4 is 9.62 Å². The number of carbonyl (C=O) groups is 1. The number of amides is 1. The molecule has 0 aliphatic rings. The number of nitrogens with zero attached hydrogens (tertiary/aromatic N) is 1. The number of para-hydroxylation sites is 1. The maximum atomic E-state index is 13.0. The van der Waals surface area contributed by atoms with Gasteiger partial charge in [-0.25, -0.2) is 8.42 Å². The van der Waals surface area contributed by atoms with E-state index in [0.717, 1.165) is 31.1 Å². The maximum Gasteiger partial charge on any atom is 0.245 e. The van der Waals surface area contributed by atoms with Crippen LogP contribution in [0.25, 0.3) is 10.8 Å². The van der Waals surface area contributed by atoms with Crippen LogP contribution in [0.2, 0.25) is 0 Å². The number of hydrogen-bond donors (Lipinski definition) is 1. The molecule has 0 heterocycles. The van der Waals surface area contributed by atoms with E-state index in [9.17, 15) is 13.2 Å². The molecule has 0 fully saturated rings. The molecule has 5 nitrogen and oxygen atoms in total. The van der Waals surface area contributed by atoms with E-state index in [2.05, 4.69) is 5.32 Å². The van der Waals surface area contributed by atoms with Crippen LogP contribution in [-0.4, -0.2) is 27.1 Å². The summed E-state index contributed by atoms with van der Waals surface area (Å²) in [6, 6.07) is 30.3. The molecular weight excluding hydrogens is 440 g/mol. The number of hydrogen-bond acceptors (Lipinski definition) is 4. The molecule has 4 rings (SSSR count). The van der Waals surface area contributed by atoms with Crippen molar-refractivity contribution in [3.05, 3.63) is 97.1 Å². The van der Waals surface area contributed by atoms with Gasteiger partial charge in [0.1, 0.15) is 6.54 Å². The second-order valence-corrected chi connectivity index (χ2v) is 10.2. The highest BCUT2D eigenvalue weighted by molar-refractivity contribution is 7.99. The van der Waals surface area contributed by atoms with Crippen molar-refractivity contribution in [2.24, 2.45) is 0 Å². The van der Waals surface area contributed by atoms with E-state index >= 15 is 0 Å². The Morgan fingerprint density at radius 3 is 2.28 bits per heavy atom. The molecule has 0 saturated heterocycles. The molecule has 7 heteroatoms. The zero-order valence-electron chi connectivity index (χ0n) is 17.4. The number of sulfonamides is 1. The zero-order valence-corrected chi connectivity index (χ0v) is 19.1. The Morgan fingerprint density at radius 2 is 1.50 bits per heavy atom. The fraction of sp³-hybridized carbons (Fsp3) is 0.0800. The summed E-state index contributed by atoms with van der Waals surface area (Å²) < 4.78 is 26.4. The van der Waals surface area contributed by atoms with Crippen LogP contribution >= 0.6 is 11.8 Å². The molecule has 0 aromatic heterocycles. The largest absolute Gasteiger partial charge is 0.323 e. The Morgan fingerprint density at radius 1 is 0.844 bits per heavy atom. The summed E-state index contributed by atoms with van der Waals surface area (Å²) in [5, 5.41) is 4.56. The standard InChI is InChI=1S/C25H22N2O3S2/c1-32(29,30)27(23-16-9-11-19-10-5-6-14-21(19)23)18-25(28)26-22-15-7-8-17-24(22)31-20-12-3-2-4-13-20/h2-17H,18H2,1H3,(H,26,28). The average molecular weight is 463 g/mol. The zero-order chi connectivity index (χ0) is 22.6. The van der Waals surface area contributed by atoms with E-state index in [1.807, 2.05) is 84.9 Å². The van der Waals surface area contributed by atoms with Gasteiger partial charge in [0.25, 0.3) is 0 Å². The summed E-state index contributed by atoms with van der Waals surface area (Å²) >= 11 is 1.53. The Hall–Kier alpha value is -3.29. The number of carbonyl (C=O) groups excluding carboxylic acids is 1. The second kappa shape index (κ2) is 9.46. The van der Waals surface area contributed by atoms with Gasteiger partial charge in [-0.3, -0.25) is 9.10 Å². The maximum absolute atomic E-state index is 13.0. The molecule has 4 aromatic rings. The predicted molar refractivity (Wildman–Crippen MR) is 132 cm³/mol. The van der Waals surface area contributed by atoms with Gasteiger partial charge in [0.05, 0.1) is 17.6 Å². The third-order valence-corrected chi connectivity index (χ3v) is 7.07. The van der Waals surface area contributed by atoms with Crippen molar-refractivity contribution in [1.82, 2.24) is 0 Å². The Labute approximate surface area is 192 Å². The highest BCUT2D eigenvalue weighted by Gasteiger charge is 2.23. The van der Waals surface area contributed by atoms with Gasteiger partial charge in [0, 0.05) is 15.2 Å². The highest BCUT2D eigenvalue weighted by atomic mass is 32.2. The fourth-order valence-electron chi connectivity index (χ4n) is 3.40. The van der Waals surface area contributed by atoms with Crippen molar-refractivity contribution in [3.63, 3.8) is 0 Å². The third kappa shape index (κ3) is 5.12. The lowest BCUT2D eigenvalue weighted by molar-refractivity contribution is -0.114. The van der Waals surface area contributed by atoms with E-state index < -0.39 is 15.9 Å². The monoisotopic (exact) mass is 462 g/mol. The molecule has 1 N–H and O–H groups in total. The van der Waals surface area contributed by atoms with Crippen molar-refractivity contribution in [3.8, 4) is 0 Å². The molecule has 1 amide bonds. The molecule has 0 saturated carbocycles. The summed E-state index contributed by atoms with van der Waals surface area (Å²) in [5.74, 6) is -0.413. The number of fused-ring (bicyclic) bond motifs is 1. The minimum atomic E-state index is -3.69. The summed E-state index contributed by atoms with van der Waals surface area (Å²) in [4.78, 5) is 14.9. The number of benzene rings is 4. The summed E-state index contributed by atoms with van der Waals surface area (Å²) in [6.07, 6.45) is 1.11. The third-order valence-electron chi connectivity index (χ3n) is 4.86. The fourth-order valence-corrected chi connectivity index (χ4v) is 5.19. The van der Waals surface area contributed by atoms with E-state index in [0.29, 0.717) is 11.4 Å². The van der Waals surface area contributed by atoms with Gasteiger partial charge in [-0.2, -0.15) is 0 Å². The Kier molecular flexibility index (Phi) is 6.48. The summed E-state index contributed by atoms with van der Waals surface area (Å²) in [7, 11) is -3.69. The Bertz CT molecular complexity index is 1350. The molecule has 162 valence electrons. The van der Waals surface area contributed by atoms with Crippen molar-refractivity contribution < 1.29 is 13.2 Å². The van der Waals surface area contributed by atoms with E-state index in [4.69, 9.17) is 0 Å². The van der Waals surface area contributed by atoms with Crippen LogP contribution in [0, 0.1) is 0 Å². The Balaban J connectivity index is 1.60. The SMILES string of the molecule is CS(=O)(=O)N(CC(=O)Nc1ccccc1Sc1ccccc1)c1cccc2ccccc12. The lowest BCUT2D eigenvalue weighted by atomic mass is 10.1. The first-order valence-electron chi connectivity index (χ1n) is 9.99. The molecule has 0 radical (unpaired) electrons. The van der Waals surface area contributed by atoms with Crippen LogP contribution in [-0.2, 0) is 14.8 Å². The van der Waals surface area contributed by atoms with Crippen molar-refractivity contribution in [2.45, 2.75) is 9.79 Å². The molecule has 0 unspecified atom stereocenters. The molecule has 0 bridgehead atoms. The molecular formula is C25H22N2O3S2. The normalized spacial score (nSPS) is 11.3. The van der Waals surface area contributed by atoms with E-state index in [1.54, 1.807) is 12.1 Å². The summed E-state index contributed by atoms with van der Waals surface area (Å²) in [6.45, 7) is -0.322.